The summed E-state index contributed by atoms with van der Waals surface area (Å²) in [5, 5.41) is 0. The highest BCUT2D eigenvalue weighted by Crippen LogP contribution is 2.37. The van der Waals surface area contributed by atoms with Crippen LogP contribution >= 0.6 is 0 Å². The number of imidazole rings is 1. The average Bonchev–Trinajstić information content (AvgIpc) is 2.85. The number of fused-ring (bicyclic) bond motifs is 1. The quantitative estimate of drug-likeness (QED) is 0.828. The van der Waals surface area contributed by atoms with Crippen LogP contribution in [0.3, 0.4) is 0 Å². The van der Waals surface area contributed by atoms with E-state index in [1.165, 1.54) is 11.1 Å². The maximum atomic E-state index is 12.2. The molecule has 1 aliphatic carbocycles. The van der Waals surface area contributed by atoms with Crippen LogP contribution in [0.2, 0.25) is 0 Å². The Hall–Kier alpha value is -1.94. The van der Waals surface area contributed by atoms with Crippen molar-refractivity contribution in [3.8, 4) is 0 Å². The Morgan fingerprint density at radius 1 is 1.42 bits per heavy atom. The van der Waals surface area contributed by atoms with Crippen molar-refractivity contribution in [2.45, 2.75) is 25.3 Å². The first-order valence-electron chi connectivity index (χ1n) is 6.61. The summed E-state index contributed by atoms with van der Waals surface area (Å²) in [6, 6.07) is 8.33. The third-order valence-electron chi connectivity index (χ3n) is 3.70. The number of ketones is 1. The van der Waals surface area contributed by atoms with E-state index in [4.69, 9.17) is 5.73 Å². The van der Waals surface area contributed by atoms with Gasteiger partial charge in [-0.3, -0.25) is 4.79 Å². The fourth-order valence-corrected chi connectivity index (χ4v) is 2.65. The zero-order chi connectivity index (χ0) is 13.2. The van der Waals surface area contributed by atoms with E-state index in [1.807, 2.05) is 16.7 Å². The Balaban J connectivity index is 1.66. The second-order valence-electron chi connectivity index (χ2n) is 5.01. The minimum atomic E-state index is 0.121. The van der Waals surface area contributed by atoms with Gasteiger partial charge in [-0.15, -0.1) is 0 Å². The minimum absolute atomic E-state index is 0.121. The van der Waals surface area contributed by atoms with E-state index in [0.29, 0.717) is 31.1 Å². The lowest BCUT2D eigenvalue weighted by atomic mass is 9.75. The maximum Gasteiger partial charge on any atom is 0.183 e. The molecule has 0 fully saturated rings. The van der Waals surface area contributed by atoms with Gasteiger partial charge in [-0.25, -0.2) is 4.98 Å². The molecule has 1 heterocycles. The summed E-state index contributed by atoms with van der Waals surface area (Å²) in [6.07, 6.45) is 5.02. The van der Waals surface area contributed by atoms with Gasteiger partial charge in [0.05, 0.1) is 6.33 Å². The van der Waals surface area contributed by atoms with E-state index in [2.05, 4.69) is 17.1 Å². The van der Waals surface area contributed by atoms with Crippen molar-refractivity contribution in [3.05, 3.63) is 53.6 Å². The van der Waals surface area contributed by atoms with E-state index in [0.717, 1.165) is 6.42 Å². The van der Waals surface area contributed by atoms with Crippen LogP contribution in [-0.4, -0.2) is 21.9 Å². The Morgan fingerprint density at radius 2 is 2.26 bits per heavy atom. The van der Waals surface area contributed by atoms with Crippen LogP contribution in [0, 0.1) is 0 Å². The summed E-state index contributed by atoms with van der Waals surface area (Å²) in [4.78, 5) is 16.3. The number of benzene rings is 1. The summed E-state index contributed by atoms with van der Waals surface area (Å²) < 4.78 is 1.86. The van der Waals surface area contributed by atoms with Crippen LogP contribution in [0.4, 0.5) is 0 Å². The zero-order valence-electron chi connectivity index (χ0n) is 10.7. The van der Waals surface area contributed by atoms with Crippen LogP contribution in [0.15, 0.2) is 36.8 Å². The molecular formula is C15H17N3O. The zero-order valence-corrected chi connectivity index (χ0v) is 10.7. The predicted octanol–water partition coefficient (Wildman–Crippen LogP) is 1.75. The first-order valence-corrected chi connectivity index (χ1v) is 6.61. The van der Waals surface area contributed by atoms with Gasteiger partial charge in [0.1, 0.15) is 5.69 Å². The first-order chi connectivity index (χ1) is 9.28. The lowest BCUT2D eigenvalue weighted by Crippen LogP contribution is -2.20. The molecular weight excluding hydrogens is 238 g/mol. The largest absolute Gasteiger partial charge is 0.335 e. The monoisotopic (exact) mass is 255 g/mol. The van der Waals surface area contributed by atoms with Crippen molar-refractivity contribution < 1.29 is 4.79 Å². The van der Waals surface area contributed by atoms with Gasteiger partial charge in [-0.05, 0) is 23.5 Å². The molecule has 1 aliphatic rings. The standard InChI is InChI=1S/C15H17N3O/c16-5-6-18-9-14(17-10-18)15(19)8-12-7-11-3-1-2-4-13(11)12/h1-4,9-10,12H,5-8,16H2. The number of nitrogens with two attached hydrogens (primary N) is 1. The summed E-state index contributed by atoms with van der Waals surface area (Å²) in [7, 11) is 0. The molecule has 0 radical (unpaired) electrons. The normalized spacial score (nSPS) is 16.8. The maximum absolute atomic E-state index is 12.2. The van der Waals surface area contributed by atoms with E-state index < -0.39 is 0 Å². The number of hydrogen-bond acceptors (Lipinski definition) is 3. The minimum Gasteiger partial charge on any atom is -0.335 e. The number of nitrogens with zero attached hydrogens (tertiary/aromatic N) is 2. The highest BCUT2D eigenvalue weighted by molar-refractivity contribution is 5.94. The molecule has 0 bridgehead atoms. The number of aromatic nitrogens is 2. The molecule has 0 spiro atoms. The molecule has 0 amide bonds. The van der Waals surface area contributed by atoms with Crippen molar-refractivity contribution in [3.63, 3.8) is 0 Å². The molecule has 2 N–H and O–H groups in total. The van der Waals surface area contributed by atoms with Gasteiger partial charge in [0.2, 0.25) is 0 Å². The molecule has 1 aromatic heterocycles. The van der Waals surface area contributed by atoms with Crippen LogP contribution in [0.1, 0.15) is 34.0 Å². The average molecular weight is 255 g/mol. The Labute approximate surface area is 112 Å². The predicted molar refractivity (Wildman–Crippen MR) is 73.1 cm³/mol. The SMILES string of the molecule is NCCn1cnc(C(=O)CC2Cc3ccccc32)c1. The molecule has 4 heteroatoms. The molecule has 3 rings (SSSR count). The van der Waals surface area contributed by atoms with E-state index in [1.54, 1.807) is 12.5 Å². The summed E-state index contributed by atoms with van der Waals surface area (Å²) in [5.41, 5.74) is 8.72. The highest BCUT2D eigenvalue weighted by atomic mass is 16.1. The van der Waals surface area contributed by atoms with Crippen LogP contribution < -0.4 is 5.73 Å². The Bertz CT molecular complexity index is 603. The van der Waals surface area contributed by atoms with Gasteiger partial charge in [0.25, 0.3) is 0 Å². The molecule has 19 heavy (non-hydrogen) atoms. The molecule has 0 aliphatic heterocycles. The fraction of sp³-hybridized carbons (Fsp3) is 0.333. The summed E-state index contributed by atoms with van der Waals surface area (Å²) in [6.45, 7) is 1.26. The summed E-state index contributed by atoms with van der Waals surface area (Å²) in [5.74, 6) is 0.485. The molecule has 2 aromatic rings. The number of hydrogen-bond donors (Lipinski definition) is 1. The number of carbonyl (C=O) groups excluding carboxylic acids is 1. The molecule has 1 aromatic carbocycles. The number of Topliss-reactive ketones (excluding diaryl/α,β-unsaturated/α-hetero) is 1. The van der Waals surface area contributed by atoms with Crippen molar-refractivity contribution in [2.24, 2.45) is 5.73 Å². The molecule has 1 unspecified atom stereocenters. The van der Waals surface area contributed by atoms with Crippen LogP contribution in [0.5, 0.6) is 0 Å². The first kappa shape index (κ1) is 12.1. The van der Waals surface area contributed by atoms with Gasteiger partial charge >= 0.3 is 0 Å². The Morgan fingerprint density at radius 3 is 3.05 bits per heavy atom. The molecule has 1 atom stereocenters. The van der Waals surface area contributed by atoms with E-state index >= 15 is 0 Å². The number of rotatable bonds is 5. The number of carbonyl (C=O) groups is 1. The Kier molecular flexibility index (Phi) is 3.17. The van der Waals surface area contributed by atoms with Crippen molar-refractivity contribution in [1.29, 1.82) is 0 Å². The summed E-state index contributed by atoms with van der Waals surface area (Å²) >= 11 is 0. The molecule has 98 valence electrons. The van der Waals surface area contributed by atoms with Crippen molar-refractivity contribution >= 4 is 5.78 Å². The smallest absolute Gasteiger partial charge is 0.183 e. The van der Waals surface area contributed by atoms with Gasteiger partial charge in [0, 0.05) is 25.7 Å². The van der Waals surface area contributed by atoms with Gasteiger partial charge in [0.15, 0.2) is 5.78 Å². The third kappa shape index (κ3) is 2.31. The van der Waals surface area contributed by atoms with E-state index in [9.17, 15) is 4.79 Å². The van der Waals surface area contributed by atoms with Crippen LogP contribution in [-0.2, 0) is 13.0 Å². The van der Waals surface area contributed by atoms with Gasteiger partial charge in [-0.2, -0.15) is 0 Å². The van der Waals surface area contributed by atoms with Gasteiger partial charge in [-0.1, -0.05) is 24.3 Å². The second-order valence-corrected chi connectivity index (χ2v) is 5.01. The molecule has 4 nitrogen and oxygen atoms in total. The fourth-order valence-electron chi connectivity index (χ4n) is 2.65. The topological polar surface area (TPSA) is 60.9 Å². The lowest BCUT2D eigenvalue weighted by molar-refractivity contribution is 0.0966. The van der Waals surface area contributed by atoms with Crippen LogP contribution in [0.25, 0.3) is 0 Å². The highest BCUT2D eigenvalue weighted by Gasteiger charge is 2.28. The van der Waals surface area contributed by atoms with Crippen molar-refractivity contribution in [1.82, 2.24) is 9.55 Å². The van der Waals surface area contributed by atoms with Crippen molar-refractivity contribution in [2.75, 3.05) is 6.54 Å². The van der Waals surface area contributed by atoms with E-state index in [-0.39, 0.29) is 5.78 Å². The molecule has 0 saturated heterocycles. The third-order valence-corrected chi connectivity index (χ3v) is 3.70. The lowest BCUT2D eigenvalue weighted by Gasteiger charge is -2.29. The second kappa shape index (κ2) is 4.97. The van der Waals surface area contributed by atoms with Gasteiger partial charge < -0.3 is 10.3 Å². The molecule has 0 saturated carbocycles.